The van der Waals surface area contributed by atoms with Gasteiger partial charge in [0.15, 0.2) is 0 Å². The summed E-state index contributed by atoms with van der Waals surface area (Å²) in [4.78, 5) is 11.9. The highest BCUT2D eigenvalue weighted by molar-refractivity contribution is 9.10. The molecular weight excluding hydrogens is 316 g/mol. The maximum atomic E-state index is 11.9. The molecule has 0 spiro atoms. The molecule has 0 aliphatic heterocycles. The van der Waals surface area contributed by atoms with E-state index in [1.807, 2.05) is 24.3 Å². The Balaban J connectivity index is 1.71. The Hall–Kier alpha value is -0.870. The van der Waals surface area contributed by atoms with Crippen molar-refractivity contribution in [3.63, 3.8) is 0 Å². The van der Waals surface area contributed by atoms with E-state index in [0.29, 0.717) is 6.54 Å². The quantitative estimate of drug-likeness (QED) is 0.857. The van der Waals surface area contributed by atoms with Crippen molar-refractivity contribution >= 4 is 27.5 Å². The van der Waals surface area contributed by atoms with Gasteiger partial charge in [0.1, 0.15) is 0 Å². The highest BCUT2D eigenvalue weighted by Crippen LogP contribution is 2.28. The van der Waals surface area contributed by atoms with Gasteiger partial charge in [-0.15, -0.1) is 0 Å². The molecule has 3 nitrogen and oxygen atoms in total. The Morgan fingerprint density at radius 3 is 2.80 bits per heavy atom. The van der Waals surface area contributed by atoms with Gasteiger partial charge in [0.2, 0.25) is 5.91 Å². The van der Waals surface area contributed by atoms with Crippen LogP contribution in [0.3, 0.4) is 0 Å². The zero-order valence-electron chi connectivity index (χ0n) is 12.0. The van der Waals surface area contributed by atoms with Crippen LogP contribution in [-0.4, -0.2) is 19.0 Å². The standard InChI is InChI=1S/C16H23BrN2O/c1-12-6-2-3-7-13(12)10-18-11-16(20)19-15-9-5-4-8-14(15)17/h4-5,8-9,12-13,18H,2-3,6-7,10-11H2,1H3,(H,19,20). The van der Waals surface area contributed by atoms with Crippen molar-refractivity contribution < 1.29 is 4.79 Å². The molecule has 0 radical (unpaired) electrons. The highest BCUT2D eigenvalue weighted by Gasteiger charge is 2.20. The first-order valence-corrected chi connectivity index (χ1v) is 8.21. The summed E-state index contributed by atoms with van der Waals surface area (Å²) in [5.74, 6) is 1.52. The van der Waals surface area contributed by atoms with Crippen LogP contribution in [0.4, 0.5) is 5.69 Å². The molecule has 1 fully saturated rings. The molecule has 2 unspecified atom stereocenters. The van der Waals surface area contributed by atoms with Crippen LogP contribution in [0.1, 0.15) is 32.6 Å². The lowest BCUT2D eigenvalue weighted by Gasteiger charge is -2.28. The predicted molar refractivity (Wildman–Crippen MR) is 86.8 cm³/mol. The SMILES string of the molecule is CC1CCCCC1CNCC(=O)Nc1ccccc1Br. The van der Waals surface area contributed by atoms with Crippen molar-refractivity contribution in [2.75, 3.05) is 18.4 Å². The lowest BCUT2D eigenvalue weighted by atomic mass is 9.80. The maximum Gasteiger partial charge on any atom is 0.238 e. The molecule has 0 saturated heterocycles. The first kappa shape index (κ1) is 15.5. The molecule has 1 aromatic carbocycles. The molecule has 1 saturated carbocycles. The number of anilines is 1. The first-order chi connectivity index (χ1) is 9.66. The van der Waals surface area contributed by atoms with Gasteiger partial charge in [-0.2, -0.15) is 0 Å². The molecule has 1 aromatic rings. The van der Waals surface area contributed by atoms with Gasteiger partial charge in [-0.25, -0.2) is 0 Å². The number of carbonyl (C=O) groups is 1. The molecular formula is C16H23BrN2O. The Bertz CT molecular complexity index is 450. The minimum atomic E-state index is 0.0142. The smallest absolute Gasteiger partial charge is 0.238 e. The zero-order valence-corrected chi connectivity index (χ0v) is 13.6. The molecule has 1 aliphatic rings. The van der Waals surface area contributed by atoms with Crippen LogP contribution >= 0.6 is 15.9 Å². The second-order valence-electron chi connectivity index (χ2n) is 5.68. The van der Waals surface area contributed by atoms with Crippen molar-refractivity contribution in [1.29, 1.82) is 0 Å². The normalized spacial score (nSPS) is 22.5. The predicted octanol–water partition coefficient (Wildman–Crippen LogP) is 3.80. The van der Waals surface area contributed by atoms with Gasteiger partial charge in [0.25, 0.3) is 0 Å². The summed E-state index contributed by atoms with van der Waals surface area (Å²) in [6.45, 7) is 3.65. The number of rotatable bonds is 5. The number of nitrogens with one attached hydrogen (secondary N) is 2. The topological polar surface area (TPSA) is 41.1 Å². The van der Waals surface area contributed by atoms with E-state index in [1.165, 1.54) is 25.7 Å². The third-order valence-corrected chi connectivity index (χ3v) is 4.82. The van der Waals surface area contributed by atoms with E-state index < -0.39 is 0 Å². The van der Waals surface area contributed by atoms with Crippen LogP contribution in [0.5, 0.6) is 0 Å². The van der Waals surface area contributed by atoms with Crippen molar-refractivity contribution in [3.8, 4) is 0 Å². The van der Waals surface area contributed by atoms with Gasteiger partial charge in [-0.3, -0.25) is 4.79 Å². The third-order valence-electron chi connectivity index (χ3n) is 4.13. The van der Waals surface area contributed by atoms with E-state index in [1.54, 1.807) is 0 Å². The van der Waals surface area contributed by atoms with E-state index >= 15 is 0 Å². The number of amides is 1. The van der Waals surface area contributed by atoms with Crippen molar-refractivity contribution in [2.24, 2.45) is 11.8 Å². The summed E-state index contributed by atoms with van der Waals surface area (Å²) in [7, 11) is 0. The van der Waals surface area contributed by atoms with Gasteiger partial charge < -0.3 is 10.6 Å². The number of carbonyl (C=O) groups excluding carboxylic acids is 1. The second kappa shape index (κ2) is 7.79. The molecule has 110 valence electrons. The Kier molecular flexibility index (Phi) is 6.05. The molecule has 4 heteroatoms. The average Bonchev–Trinajstić information content (AvgIpc) is 2.43. The van der Waals surface area contributed by atoms with Crippen LogP contribution in [0.2, 0.25) is 0 Å². The summed E-state index contributed by atoms with van der Waals surface area (Å²) < 4.78 is 0.911. The van der Waals surface area contributed by atoms with Crippen molar-refractivity contribution in [1.82, 2.24) is 5.32 Å². The third kappa shape index (κ3) is 4.60. The largest absolute Gasteiger partial charge is 0.324 e. The van der Waals surface area contributed by atoms with Crippen LogP contribution < -0.4 is 10.6 Å². The summed E-state index contributed by atoms with van der Waals surface area (Å²) in [5, 5.41) is 6.21. The number of benzene rings is 1. The van der Waals surface area contributed by atoms with Crippen molar-refractivity contribution in [2.45, 2.75) is 32.6 Å². The second-order valence-corrected chi connectivity index (χ2v) is 6.54. The molecule has 0 aromatic heterocycles. The molecule has 20 heavy (non-hydrogen) atoms. The summed E-state index contributed by atoms with van der Waals surface area (Å²) >= 11 is 3.43. The fourth-order valence-electron chi connectivity index (χ4n) is 2.82. The number of hydrogen-bond acceptors (Lipinski definition) is 2. The van der Waals surface area contributed by atoms with Crippen LogP contribution in [0.25, 0.3) is 0 Å². The fraction of sp³-hybridized carbons (Fsp3) is 0.562. The van der Waals surface area contributed by atoms with Gasteiger partial charge in [0.05, 0.1) is 12.2 Å². The molecule has 2 N–H and O–H groups in total. The first-order valence-electron chi connectivity index (χ1n) is 7.42. The van der Waals surface area contributed by atoms with E-state index in [-0.39, 0.29) is 5.91 Å². The van der Waals surface area contributed by atoms with Crippen LogP contribution in [-0.2, 0) is 4.79 Å². The van der Waals surface area contributed by atoms with Gasteiger partial charge in [0, 0.05) is 4.47 Å². The minimum Gasteiger partial charge on any atom is -0.324 e. The lowest BCUT2D eigenvalue weighted by Crippen LogP contribution is -2.34. The molecule has 1 aliphatic carbocycles. The van der Waals surface area contributed by atoms with E-state index in [0.717, 1.165) is 28.5 Å². The average molecular weight is 339 g/mol. The van der Waals surface area contributed by atoms with E-state index in [9.17, 15) is 4.79 Å². The van der Waals surface area contributed by atoms with Gasteiger partial charge >= 0.3 is 0 Å². The summed E-state index contributed by atoms with van der Waals surface area (Å²) in [6.07, 6.45) is 5.32. The van der Waals surface area contributed by atoms with Gasteiger partial charge in [-0.05, 0) is 52.9 Å². The molecule has 0 bridgehead atoms. The minimum absolute atomic E-state index is 0.0142. The summed E-state index contributed by atoms with van der Waals surface area (Å²) in [6, 6.07) is 7.66. The van der Waals surface area contributed by atoms with Crippen LogP contribution in [0, 0.1) is 11.8 Å². The van der Waals surface area contributed by atoms with E-state index in [2.05, 4.69) is 33.5 Å². The Morgan fingerprint density at radius 1 is 1.30 bits per heavy atom. The monoisotopic (exact) mass is 338 g/mol. The Labute approximate surface area is 129 Å². The van der Waals surface area contributed by atoms with Crippen molar-refractivity contribution in [3.05, 3.63) is 28.7 Å². The molecule has 1 amide bonds. The summed E-state index contributed by atoms with van der Waals surface area (Å²) in [5.41, 5.74) is 0.824. The fourth-order valence-corrected chi connectivity index (χ4v) is 3.21. The van der Waals surface area contributed by atoms with E-state index in [4.69, 9.17) is 0 Å². The highest BCUT2D eigenvalue weighted by atomic mass is 79.9. The zero-order chi connectivity index (χ0) is 14.4. The number of halogens is 1. The van der Waals surface area contributed by atoms with Gasteiger partial charge in [-0.1, -0.05) is 38.3 Å². The Morgan fingerprint density at radius 2 is 2.05 bits per heavy atom. The lowest BCUT2D eigenvalue weighted by molar-refractivity contribution is -0.115. The molecule has 2 atom stereocenters. The molecule has 2 rings (SSSR count). The number of hydrogen-bond donors (Lipinski definition) is 2. The van der Waals surface area contributed by atoms with Crippen LogP contribution in [0.15, 0.2) is 28.7 Å². The maximum absolute atomic E-state index is 11.9. The number of para-hydroxylation sites is 1. The molecule has 0 heterocycles.